The van der Waals surface area contributed by atoms with Gasteiger partial charge in [-0.1, -0.05) is 17.3 Å². The molecule has 1 aliphatic carbocycles. The number of rotatable bonds is 7. The van der Waals surface area contributed by atoms with Crippen molar-refractivity contribution in [3.8, 4) is 0 Å². The molecule has 0 aliphatic heterocycles. The summed E-state index contributed by atoms with van der Waals surface area (Å²) < 4.78 is 5.04. The van der Waals surface area contributed by atoms with Gasteiger partial charge in [0.2, 0.25) is 11.8 Å². The van der Waals surface area contributed by atoms with E-state index >= 15 is 0 Å². The van der Waals surface area contributed by atoms with Crippen molar-refractivity contribution in [2.24, 2.45) is 11.5 Å². The Morgan fingerprint density at radius 3 is 2.48 bits per heavy atom. The second kappa shape index (κ2) is 7.54. The molecule has 0 radical (unpaired) electrons. The van der Waals surface area contributed by atoms with E-state index in [0.717, 1.165) is 12.1 Å². The van der Waals surface area contributed by atoms with Gasteiger partial charge in [-0.25, -0.2) is 0 Å². The first kappa shape index (κ1) is 17.4. The van der Waals surface area contributed by atoms with E-state index in [0.29, 0.717) is 29.9 Å². The quantitative estimate of drug-likeness (QED) is 0.785. The van der Waals surface area contributed by atoms with Crippen LogP contribution in [0.4, 0.5) is 0 Å². The van der Waals surface area contributed by atoms with Crippen LogP contribution >= 0.6 is 12.4 Å². The van der Waals surface area contributed by atoms with Crippen molar-refractivity contribution in [2.45, 2.75) is 38.5 Å². The number of nitrogens with zero attached hydrogens (tertiary/aromatic N) is 3. The van der Waals surface area contributed by atoms with Crippen LogP contribution in [0.2, 0.25) is 0 Å². The summed E-state index contributed by atoms with van der Waals surface area (Å²) in [5.41, 5.74) is 12.4. The van der Waals surface area contributed by atoms with Crippen molar-refractivity contribution in [2.75, 3.05) is 0 Å². The van der Waals surface area contributed by atoms with Crippen molar-refractivity contribution < 1.29 is 9.32 Å². The molecule has 23 heavy (non-hydrogen) atoms. The Hall–Kier alpha value is -1.96. The number of amides is 1. The lowest BCUT2D eigenvalue weighted by molar-refractivity contribution is 0.100. The van der Waals surface area contributed by atoms with Crippen molar-refractivity contribution >= 4 is 18.3 Å². The summed E-state index contributed by atoms with van der Waals surface area (Å²) in [7, 11) is 0. The maximum atomic E-state index is 11.1. The molecule has 1 saturated carbocycles. The average molecular weight is 338 g/mol. The minimum absolute atomic E-state index is 0. The number of nitrogens with two attached hydrogens (primary N) is 2. The van der Waals surface area contributed by atoms with Gasteiger partial charge in [-0.3, -0.25) is 9.69 Å². The fraction of sp³-hybridized carbons (Fsp3) is 0.400. The van der Waals surface area contributed by atoms with Gasteiger partial charge in [-0.2, -0.15) is 4.98 Å². The molecule has 0 atom stereocenters. The lowest BCUT2D eigenvalue weighted by Crippen LogP contribution is -2.25. The number of primary amides is 1. The molecular formula is C15H20ClN5O2. The van der Waals surface area contributed by atoms with E-state index < -0.39 is 5.91 Å². The van der Waals surface area contributed by atoms with Crippen LogP contribution in [-0.4, -0.2) is 27.0 Å². The Labute approximate surface area is 140 Å². The molecule has 8 heteroatoms. The lowest BCUT2D eigenvalue weighted by atomic mass is 10.1. The Balaban J connectivity index is 0.00000192. The Bertz CT molecular complexity index is 654. The van der Waals surface area contributed by atoms with E-state index in [9.17, 15) is 4.79 Å². The summed E-state index contributed by atoms with van der Waals surface area (Å²) in [6, 6.07) is 7.91. The molecule has 0 bridgehead atoms. The third-order valence-electron chi connectivity index (χ3n) is 3.72. The molecule has 3 rings (SSSR count). The molecule has 0 spiro atoms. The Morgan fingerprint density at radius 1 is 1.26 bits per heavy atom. The van der Waals surface area contributed by atoms with Gasteiger partial charge in [0.25, 0.3) is 0 Å². The molecule has 2 aromatic rings. The van der Waals surface area contributed by atoms with Crippen molar-refractivity contribution in [3.05, 3.63) is 47.1 Å². The third kappa shape index (κ3) is 4.51. The largest absolute Gasteiger partial charge is 0.366 e. The number of hydrogen-bond acceptors (Lipinski definition) is 6. The maximum Gasteiger partial charge on any atom is 0.248 e. The summed E-state index contributed by atoms with van der Waals surface area (Å²) in [4.78, 5) is 17.7. The summed E-state index contributed by atoms with van der Waals surface area (Å²) in [5.74, 6) is 0.698. The van der Waals surface area contributed by atoms with Gasteiger partial charge in [0.1, 0.15) is 0 Å². The standard InChI is InChI=1S/C15H19N5O2.ClH/c16-7-14-18-13(19-22-14)9-20(12-5-6-12)8-10-1-3-11(4-2-10)15(17)21;/h1-4,12H,5-9,16H2,(H2,17,21);1H. The molecule has 1 aromatic heterocycles. The minimum Gasteiger partial charge on any atom is -0.366 e. The second-order valence-corrected chi connectivity index (χ2v) is 5.51. The van der Waals surface area contributed by atoms with Crippen molar-refractivity contribution in [1.82, 2.24) is 15.0 Å². The van der Waals surface area contributed by atoms with Crippen molar-refractivity contribution in [3.63, 3.8) is 0 Å². The minimum atomic E-state index is -0.410. The number of benzene rings is 1. The van der Waals surface area contributed by atoms with Crippen LogP contribution in [0.1, 0.15) is 40.5 Å². The highest BCUT2D eigenvalue weighted by Crippen LogP contribution is 2.29. The van der Waals surface area contributed by atoms with Crippen molar-refractivity contribution in [1.29, 1.82) is 0 Å². The summed E-state index contributed by atoms with van der Waals surface area (Å²) >= 11 is 0. The van der Waals surface area contributed by atoms with Crippen LogP contribution in [0.5, 0.6) is 0 Å². The highest BCUT2D eigenvalue weighted by molar-refractivity contribution is 5.92. The van der Waals surface area contributed by atoms with Gasteiger partial charge in [0.15, 0.2) is 5.82 Å². The monoisotopic (exact) mass is 337 g/mol. The van der Waals surface area contributed by atoms with E-state index in [4.69, 9.17) is 16.0 Å². The highest BCUT2D eigenvalue weighted by Gasteiger charge is 2.30. The number of carbonyl (C=O) groups excluding carboxylic acids is 1. The highest BCUT2D eigenvalue weighted by atomic mass is 35.5. The fourth-order valence-electron chi connectivity index (χ4n) is 2.38. The predicted molar refractivity (Wildman–Crippen MR) is 86.7 cm³/mol. The normalized spacial score (nSPS) is 13.8. The summed E-state index contributed by atoms with van der Waals surface area (Å²) in [6.07, 6.45) is 2.36. The van der Waals surface area contributed by atoms with Crippen LogP contribution in [0, 0.1) is 0 Å². The number of halogens is 1. The molecular weight excluding hydrogens is 318 g/mol. The number of aromatic nitrogens is 2. The van der Waals surface area contributed by atoms with Gasteiger partial charge in [-0.15, -0.1) is 12.4 Å². The van der Waals surface area contributed by atoms with E-state index in [1.807, 2.05) is 12.1 Å². The van der Waals surface area contributed by atoms with E-state index in [1.54, 1.807) is 12.1 Å². The van der Waals surface area contributed by atoms with E-state index in [1.165, 1.54) is 12.8 Å². The molecule has 1 amide bonds. The maximum absolute atomic E-state index is 11.1. The van der Waals surface area contributed by atoms with Gasteiger partial charge in [0.05, 0.1) is 13.1 Å². The first-order valence-electron chi connectivity index (χ1n) is 7.30. The Kier molecular flexibility index (Phi) is 5.70. The zero-order valence-corrected chi connectivity index (χ0v) is 13.5. The topological polar surface area (TPSA) is 111 Å². The summed E-state index contributed by atoms with van der Waals surface area (Å²) in [6.45, 7) is 1.66. The van der Waals surface area contributed by atoms with Crippen LogP contribution in [0.15, 0.2) is 28.8 Å². The zero-order chi connectivity index (χ0) is 15.5. The molecule has 1 aliphatic rings. The number of carbonyl (C=O) groups is 1. The third-order valence-corrected chi connectivity index (χ3v) is 3.72. The van der Waals surface area contributed by atoms with Gasteiger partial charge in [-0.05, 0) is 30.5 Å². The molecule has 1 fully saturated rings. The average Bonchev–Trinajstić information content (AvgIpc) is 3.27. The van der Waals surface area contributed by atoms with Gasteiger partial charge >= 0.3 is 0 Å². The predicted octanol–water partition coefficient (Wildman–Crippen LogP) is 1.21. The number of hydrogen-bond donors (Lipinski definition) is 2. The van der Waals surface area contributed by atoms with Crippen LogP contribution in [0.3, 0.4) is 0 Å². The van der Waals surface area contributed by atoms with Gasteiger partial charge in [0, 0.05) is 18.2 Å². The first-order valence-corrected chi connectivity index (χ1v) is 7.30. The first-order chi connectivity index (χ1) is 10.7. The Morgan fingerprint density at radius 2 is 1.96 bits per heavy atom. The van der Waals surface area contributed by atoms with Crippen LogP contribution in [0.25, 0.3) is 0 Å². The molecule has 1 heterocycles. The summed E-state index contributed by atoms with van der Waals surface area (Å²) in [5, 5.41) is 3.95. The van der Waals surface area contributed by atoms with E-state index in [-0.39, 0.29) is 19.0 Å². The van der Waals surface area contributed by atoms with Crippen LogP contribution < -0.4 is 11.5 Å². The molecule has 0 unspecified atom stereocenters. The molecule has 7 nitrogen and oxygen atoms in total. The second-order valence-electron chi connectivity index (χ2n) is 5.51. The molecule has 0 saturated heterocycles. The smallest absolute Gasteiger partial charge is 0.248 e. The SMILES string of the molecule is Cl.NCc1nc(CN(Cc2ccc(C(N)=O)cc2)C2CC2)no1. The van der Waals surface area contributed by atoms with Gasteiger partial charge < -0.3 is 16.0 Å². The molecule has 124 valence electrons. The van der Waals surface area contributed by atoms with Crippen LogP contribution in [-0.2, 0) is 19.6 Å². The fourth-order valence-corrected chi connectivity index (χ4v) is 2.38. The van der Waals surface area contributed by atoms with E-state index in [2.05, 4.69) is 15.0 Å². The molecule has 1 aromatic carbocycles. The molecule has 4 N–H and O–H groups in total. The lowest BCUT2D eigenvalue weighted by Gasteiger charge is -2.20. The zero-order valence-electron chi connectivity index (χ0n) is 12.6.